The number of nitrogens with zero attached hydrogens (tertiary/aromatic N) is 2. The lowest BCUT2D eigenvalue weighted by atomic mass is 10.1. The Kier molecular flexibility index (Phi) is 6.91. The zero-order valence-electron chi connectivity index (χ0n) is 16.2. The van der Waals surface area contributed by atoms with Crippen molar-refractivity contribution in [3.05, 3.63) is 63.0 Å². The summed E-state index contributed by atoms with van der Waals surface area (Å²) in [5.74, 6) is 1.45. The molecule has 0 N–H and O–H groups in total. The highest BCUT2D eigenvalue weighted by Crippen LogP contribution is 2.34. The summed E-state index contributed by atoms with van der Waals surface area (Å²) >= 11 is 6.26. The van der Waals surface area contributed by atoms with Gasteiger partial charge in [-0.15, -0.1) is 0 Å². The van der Waals surface area contributed by atoms with Gasteiger partial charge >= 0.3 is 0 Å². The Bertz CT molecular complexity index is 1020. The van der Waals surface area contributed by atoms with E-state index in [1.165, 1.54) is 23.1 Å². The highest BCUT2D eigenvalue weighted by Gasteiger charge is 2.29. The number of hydrogen-bond donors (Lipinski definition) is 0. The predicted octanol–water partition coefficient (Wildman–Crippen LogP) is 3.89. The first-order valence-corrected chi connectivity index (χ1v) is 10.0. The van der Waals surface area contributed by atoms with Crippen LogP contribution in [-0.4, -0.2) is 47.4 Å². The number of hydrogen-bond acceptors (Lipinski definition) is 8. The van der Waals surface area contributed by atoms with Crippen molar-refractivity contribution in [2.24, 2.45) is 0 Å². The number of nitro benzene ring substituents is 1. The van der Waals surface area contributed by atoms with Gasteiger partial charge in [-0.2, -0.15) is 0 Å². The van der Waals surface area contributed by atoms with Gasteiger partial charge in [0.1, 0.15) is 34.8 Å². The van der Waals surface area contributed by atoms with E-state index in [1.807, 2.05) is 12.1 Å². The summed E-state index contributed by atoms with van der Waals surface area (Å²) in [4.78, 5) is 24.6. The summed E-state index contributed by atoms with van der Waals surface area (Å²) in [6, 6.07) is 11.4. The molecule has 0 bridgehead atoms. The minimum Gasteiger partial charge on any atom is -0.497 e. The van der Waals surface area contributed by atoms with Crippen LogP contribution in [0, 0.1) is 10.1 Å². The number of non-ortho nitro benzene ring substituents is 1. The van der Waals surface area contributed by atoms with Crippen LogP contribution in [-0.2, 0) is 4.79 Å². The van der Waals surface area contributed by atoms with Gasteiger partial charge in [-0.1, -0.05) is 30.0 Å². The van der Waals surface area contributed by atoms with E-state index < -0.39 is 4.92 Å². The Morgan fingerprint density at radius 3 is 2.57 bits per heavy atom. The van der Waals surface area contributed by atoms with Gasteiger partial charge in [0.25, 0.3) is 11.6 Å². The molecule has 1 amide bonds. The van der Waals surface area contributed by atoms with Crippen molar-refractivity contribution in [3.63, 3.8) is 0 Å². The molecule has 2 aromatic rings. The molecule has 1 aliphatic heterocycles. The molecule has 156 valence electrons. The number of carbonyl (C=O) groups is 1. The SMILES string of the molecule is COc1cccc(OCCOc2ccc([N+](=O)[O-])cc2C=C2SC(=S)N(C)C2=O)c1. The fourth-order valence-electron chi connectivity index (χ4n) is 2.58. The van der Waals surface area contributed by atoms with Crippen molar-refractivity contribution in [1.29, 1.82) is 0 Å². The molecule has 0 unspecified atom stereocenters. The van der Waals surface area contributed by atoms with Gasteiger partial charge in [-0.25, -0.2) is 0 Å². The van der Waals surface area contributed by atoms with Crippen LogP contribution < -0.4 is 14.2 Å². The fraction of sp³-hybridized carbons (Fsp3) is 0.200. The third kappa shape index (κ3) is 5.08. The third-order valence-electron chi connectivity index (χ3n) is 4.13. The van der Waals surface area contributed by atoms with E-state index in [1.54, 1.807) is 32.4 Å². The van der Waals surface area contributed by atoms with Crippen LogP contribution in [0.1, 0.15) is 5.56 Å². The number of amides is 1. The van der Waals surface area contributed by atoms with Gasteiger partial charge in [0.05, 0.1) is 16.9 Å². The molecule has 1 saturated heterocycles. The van der Waals surface area contributed by atoms with Crippen LogP contribution >= 0.6 is 24.0 Å². The molecule has 1 fully saturated rings. The van der Waals surface area contributed by atoms with Crippen molar-refractivity contribution in [1.82, 2.24) is 4.90 Å². The molecule has 10 heteroatoms. The number of methoxy groups -OCH3 is 1. The van der Waals surface area contributed by atoms with Crippen LogP contribution in [0.2, 0.25) is 0 Å². The van der Waals surface area contributed by atoms with Crippen LogP contribution in [0.3, 0.4) is 0 Å². The smallest absolute Gasteiger partial charge is 0.270 e. The lowest BCUT2D eigenvalue weighted by Gasteiger charge is -2.11. The highest BCUT2D eigenvalue weighted by molar-refractivity contribution is 8.26. The van der Waals surface area contributed by atoms with E-state index in [2.05, 4.69) is 0 Å². The summed E-state index contributed by atoms with van der Waals surface area (Å²) in [6.07, 6.45) is 1.55. The lowest BCUT2D eigenvalue weighted by molar-refractivity contribution is -0.384. The largest absolute Gasteiger partial charge is 0.497 e. The summed E-state index contributed by atoms with van der Waals surface area (Å²) in [7, 11) is 3.16. The molecule has 1 aliphatic rings. The molecular formula is C20H18N2O6S2. The fourth-order valence-corrected chi connectivity index (χ4v) is 3.75. The summed E-state index contributed by atoms with van der Waals surface area (Å²) < 4.78 is 17.0. The van der Waals surface area contributed by atoms with Crippen molar-refractivity contribution >= 4 is 46.0 Å². The van der Waals surface area contributed by atoms with Gasteiger partial charge in [-0.05, 0) is 24.3 Å². The Balaban J connectivity index is 1.73. The zero-order valence-corrected chi connectivity index (χ0v) is 17.8. The van der Waals surface area contributed by atoms with E-state index >= 15 is 0 Å². The first kappa shape index (κ1) is 21.6. The molecule has 2 aromatic carbocycles. The van der Waals surface area contributed by atoms with E-state index in [9.17, 15) is 14.9 Å². The Hall–Kier alpha value is -3.11. The summed E-state index contributed by atoms with van der Waals surface area (Å²) in [5, 5.41) is 11.2. The first-order chi connectivity index (χ1) is 14.4. The quantitative estimate of drug-likeness (QED) is 0.198. The molecule has 1 heterocycles. The number of ether oxygens (including phenoxy) is 3. The summed E-state index contributed by atoms with van der Waals surface area (Å²) in [6.45, 7) is 0.450. The van der Waals surface area contributed by atoms with Crippen LogP contribution in [0.25, 0.3) is 6.08 Å². The molecule has 3 rings (SSSR count). The van der Waals surface area contributed by atoms with Gasteiger partial charge in [0.2, 0.25) is 0 Å². The van der Waals surface area contributed by atoms with E-state index in [0.29, 0.717) is 32.0 Å². The standard InChI is InChI=1S/C20H18N2O6S2/c1-21-19(23)18(30-20(21)29)11-13-10-14(22(24)25)6-7-17(13)28-9-8-27-16-5-3-4-15(12-16)26-2/h3-7,10-12H,8-9H2,1-2H3. The molecule has 0 atom stereocenters. The van der Waals surface area contributed by atoms with E-state index in [-0.39, 0.29) is 24.8 Å². The average molecular weight is 447 g/mol. The first-order valence-electron chi connectivity index (χ1n) is 8.78. The third-order valence-corrected chi connectivity index (χ3v) is 5.61. The topological polar surface area (TPSA) is 91.1 Å². The molecule has 30 heavy (non-hydrogen) atoms. The molecule has 0 radical (unpaired) electrons. The van der Waals surface area contributed by atoms with Crippen molar-refractivity contribution in [2.75, 3.05) is 27.4 Å². The Labute approximate surface area is 182 Å². The number of nitro groups is 1. The minimum atomic E-state index is -0.502. The average Bonchev–Trinajstić information content (AvgIpc) is 2.98. The molecule has 0 saturated carbocycles. The highest BCUT2D eigenvalue weighted by atomic mass is 32.2. The summed E-state index contributed by atoms with van der Waals surface area (Å²) in [5.41, 5.74) is 0.313. The lowest BCUT2D eigenvalue weighted by Crippen LogP contribution is -2.22. The Morgan fingerprint density at radius 2 is 1.90 bits per heavy atom. The number of benzene rings is 2. The van der Waals surface area contributed by atoms with Crippen molar-refractivity contribution in [3.8, 4) is 17.2 Å². The molecule has 8 nitrogen and oxygen atoms in total. The molecule has 0 aliphatic carbocycles. The second kappa shape index (κ2) is 9.59. The van der Waals surface area contributed by atoms with Crippen molar-refractivity contribution in [2.45, 2.75) is 0 Å². The van der Waals surface area contributed by atoms with Crippen molar-refractivity contribution < 1.29 is 23.9 Å². The maximum absolute atomic E-state index is 12.3. The maximum atomic E-state index is 12.3. The number of rotatable bonds is 8. The van der Waals surface area contributed by atoms with E-state index in [0.717, 1.165) is 11.8 Å². The number of thioether (sulfide) groups is 1. The Morgan fingerprint density at radius 1 is 1.17 bits per heavy atom. The molecular weight excluding hydrogens is 428 g/mol. The number of thiocarbonyl (C=S) groups is 1. The van der Waals surface area contributed by atoms with Crippen LogP contribution in [0.15, 0.2) is 47.4 Å². The normalized spacial score (nSPS) is 14.9. The number of carbonyl (C=O) groups excluding carboxylic acids is 1. The maximum Gasteiger partial charge on any atom is 0.270 e. The van der Waals surface area contributed by atoms with Gasteiger partial charge in [0, 0.05) is 30.8 Å². The zero-order chi connectivity index (χ0) is 21.7. The second-order valence-corrected chi connectivity index (χ2v) is 7.77. The van der Waals surface area contributed by atoms with E-state index in [4.69, 9.17) is 26.4 Å². The molecule has 0 aromatic heterocycles. The van der Waals surface area contributed by atoms with Crippen LogP contribution in [0.4, 0.5) is 5.69 Å². The monoisotopic (exact) mass is 446 g/mol. The number of likely N-dealkylation sites (N-methyl/N-ethyl adjacent to an activating group) is 1. The molecule has 0 spiro atoms. The van der Waals surface area contributed by atoms with Gasteiger partial charge in [-0.3, -0.25) is 19.8 Å². The second-order valence-electron chi connectivity index (χ2n) is 6.10. The minimum absolute atomic E-state index is 0.104. The van der Waals surface area contributed by atoms with Crippen LogP contribution in [0.5, 0.6) is 17.2 Å². The van der Waals surface area contributed by atoms with Gasteiger partial charge in [0.15, 0.2) is 0 Å². The predicted molar refractivity (Wildman–Crippen MR) is 118 cm³/mol. The van der Waals surface area contributed by atoms with Gasteiger partial charge < -0.3 is 14.2 Å².